The van der Waals surface area contributed by atoms with Gasteiger partial charge in [0.05, 0.1) is 15.7 Å². The monoisotopic (exact) mass is 254 g/mol. The van der Waals surface area contributed by atoms with Gasteiger partial charge in [-0.25, -0.2) is 0 Å². The van der Waals surface area contributed by atoms with E-state index in [2.05, 4.69) is 50.7 Å². The highest BCUT2D eigenvalue weighted by atomic mass is 28.2. The van der Waals surface area contributed by atoms with Gasteiger partial charge in [0.25, 0.3) is 0 Å². The molecular weight excluding hydrogens is 224 g/mol. The van der Waals surface area contributed by atoms with E-state index >= 15 is 0 Å². The summed E-state index contributed by atoms with van der Waals surface area (Å²) in [5.41, 5.74) is 0. The van der Waals surface area contributed by atoms with Gasteiger partial charge in [-0.2, -0.15) is 0 Å². The number of nitrogens with zero attached hydrogens (tertiary/aromatic N) is 2. The summed E-state index contributed by atoms with van der Waals surface area (Å²) in [6, 6.07) is 1.29. The van der Waals surface area contributed by atoms with Crippen LogP contribution in [0.2, 0.25) is 6.04 Å². The van der Waals surface area contributed by atoms with Gasteiger partial charge in [-0.05, 0) is 32.2 Å². The van der Waals surface area contributed by atoms with Crippen molar-refractivity contribution in [3.63, 3.8) is 0 Å². The largest absolute Gasteiger partial charge is 0.289 e. The van der Waals surface area contributed by atoms with E-state index in [1.54, 1.807) is 0 Å². The molecule has 0 atom stereocenters. The van der Waals surface area contributed by atoms with E-state index in [-0.39, 0.29) is 9.52 Å². The van der Waals surface area contributed by atoms with Crippen LogP contribution in [0.15, 0.2) is 24.4 Å². The van der Waals surface area contributed by atoms with Crippen LogP contribution in [-0.4, -0.2) is 51.7 Å². The van der Waals surface area contributed by atoms with Crippen molar-refractivity contribution in [3.8, 4) is 0 Å². The SMILES string of the molecule is C=CC(=C)[SiH2]CC(N(CC)CC)N(CC)CC. The van der Waals surface area contributed by atoms with Gasteiger partial charge in [-0.15, -0.1) is 6.58 Å². The molecule has 0 radical (unpaired) electrons. The summed E-state index contributed by atoms with van der Waals surface area (Å²) in [6.45, 7) is 21.4. The lowest BCUT2D eigenvalue weighted by molar-refractivity contribution is 0.0712. The third kappa shape index (κ3) is 5.66. The van der Waals surface area contributed by atoms with Gasteiger partial charge >= 0.3 is 0 Å². The number of hydrogen-bond acceptors (Lipinski definition) is 2. The highest BCUT2D eigenvalue weighted by Gasteiger charge is 2.20. The fourth-order valence-corrected chi connectivity index (χ4v) is 3.87. The zero-order valence-electron chi connectivity index (χ0n) is 12.2. The summed E-state index contributed by atoms with van der Waals surface area (Å²) in [6.07, 6.45) is 2.54. The zero-order valence-corrected chi connectivity index (χ0v) is 13.6. The van der Waals surface area contributed by atoms with Crippen molar-refractivity contribution in [2.45, 2.75) is 39.9 Å². The summed E-state index contributed by atoms with van der Waals surface area (Å²) in [7, 11) is -0.230. The van der Waals surface area contributed by atoms with E-state index in [9.17, 15) is 0 Å². The Hall–Kier alpha value is -0.383. The van der Waals surface area contributed by atoms with Crippen LogP contribution in [0.1, 0.15) is 27.7 Å². The molecule has 100 valence electrons. The van der Waals surface area contributed by atoms with Crippen LogP contribution in [0.5, 0.6) is 0 Å². The summed E-state index contributed by atoms with van der Waals surface area (Å²) < 4.78 is 0. The van der Waals surface area contributed by atoms with Crippen molar-refractivity contribution < 1.29 is 0 Å². The average Bonchev–Trinajstić information content (AvgIpc) is 2.37. The van der Waals surface area contributed by atoms with Crippen LogP contribution in [0.25, 0.3) is 0 Å². The molecule has 17 heavy (non-hydrogen) atoms. The Bertz CT molecular complexity index is 208. The molecule has 0 bridgehead atoms. The van der Waals surface area contributed by atoms with Crippen LogP contribution in [0.4, 0.5) is 0 Å². The molecule has 0 rings (SSSR count). The molecule has 0 aromatic heterocycles. The van der Waals surface area contributed by atoms with Gasteiger partial charge in [-0.1, -0.05) is 45.5 Å². The van der Waals surface area contributed by atoms with Gasteiger partial charge < -0.3 is 0 Å². The average molecular weight is 254 g/mol. The molecule has 0 amide bonds. The summed E-state index contributed by atoms with van der Waals surface area (Å²) in [5.74, 6) is 0. The van der Waals surface area contributed by atoms with Gasteiger partial charge in [0, 0.05) is 0 Å². The second kappa shape index (κ2) is 9.63. The first-order valence-corrected chi connectivity index (χ1v) is 8.63. The third-order valence-electron chi connectivity index (χ3n) is 3.48. The Labute approximate surface area is 110 Å². The minimum Gasteiger partial charge on any atom is -0.289 e. The smallest absolute Gasteiger partial charge is 0.0595 e. The summed E-state index contributed by atoms with van der Waals surface area (Å²) in [5, 5.41) is 1.29. The maximum atomic E-state index is 4.07. The van der Waals surface area contributed by atoms with E-state index < -0.39 is 0 Å². The maximum Gasteiger partial charge on any atom is 0.0595 e. The number of hydrogen-bond donors (Lipinski definition) is 0. The Balaban J connectivity index is 4.58. The molecule has 0 saturated carbocycles. The van der Waals surface area contributed by atoms with Gasteiger partial charge in [0.15, 0.2) is 0 Å². The third-order valence-corrected chi connectivity index (χ3v) is 5.22. The van der Waals surface area contributed by atoms with Crippen LogP contribution in [-0.2, 0) is 0 Å². The Morgan fingerprint density at radius 3 is 1.76 bits per heavy atom. The van der Waals surface area contributed by atoms with Crippen molar-refractivity contribution in [2.75, 3.05) is 26.2 Å². The van der Waals surface area contributed by atoms with Gasteiger partial charge in [0.1, 0.15) is 0 Å². The van der Waals surface area contributed by atoms with Gasteiger partial charge in [-0.3, -0.25) is 9.80 Å². The van der Waals surface area contributed by atoms with E-state index in [0.717, 1.165) is 26.2 Å². The molecule has 0 aromatic carbocycles. The lowest BCUT2D eigenvalue weighted by Gasteiger charge is -2.38. The lowest BCUT2D eigenvalue weighted by atomic mass is 10.3. The van der Waals surface area contributed by atoms with Crippen molar-refractivity contribution in [1.82, 2.24) is 9.80 Å². The summed E-state index contributed by atoms with van der Waals surface area (Å²) in [4.78, 5) is 5.13. The van der Waals surface area contributed by atoms with Crippen molar-refractivity contribution in [3.05, 3.63) is 24.4 Å². The molecule has 0 unspecified atom stereocenters. The molecule has 3 heteroatoms. The molecular formula is C14H30N2Si. The van der Waals surface area contributed by atoms with E-state index in [0.29, 0.717) is 6.17 Å². The Kier molecular flexibility index (Phi) is 9.41. The normalized spacial score (nSPS) is 12.2. The molecule has 0 fully saturated rings. The Morgan fingerprint density at radius 2 is 1.47 bits per heavy atom. The van der Waals surface area contributed by atoms with Crippen molar-refractivity contribution in [2.24, 2.45) is 0 Å². The van der Waals surface area contributed by atoms with E-state index in [1.807, 2.05) is 6.08 Å². The topological polar surface area (TPSA) is 6.48 Å². The molecule has 0 saturated heterocycles. The molecule has 0 N–H and O–H groups in total. The molecule has 0 aromatic rings. The van der Waals surface area contributed by atoms with Crippen LogP contribution < -0.4 is 0 Å². The molecule has 0 aliphatic rings. The molecule has 0 heterocycles. The van der Waals surface area contributed by atoms with Gasteiger partial charge in [0.2, 0.25) is 0 Å². The minimum absolute atomic E-state index is 0.230. The van der Waals surface area contributed by atoms with Crippen molar-refractivity contribution in [1.29, 1.82) is 0 Å². The molecule has 0 aliphatic heterocycles. The molecule has 0 aliphatic carbocycles. The number of allylic oxidation sites excluding steroid dienone is 2. The molecule has 2 nitrogen and oxygen atoms in total. The predicted octanol–water partition coefficient (Wildman–Crippen LogP) is 2.28. The predicted molar refractivity (Wildman–Crippen MR) is 82.3 cm³/mol. The second-order valence-corrected chi connectivity index (χ2v) is 6.31. The first kappa shape index (κ1) is 16.6. The highest BCUT2D eigenvalue weighted by molar-refractivity contribution is 6.46. The number of rotatable bonds is 10. The first-order valence-electron chi connectivity index (χ1n) is 6.92. The minimum atomic E-state index is -0.230. The van der Waals surface area contributed by atoms with E-state index in [1.165, 1.54) is 11.2 Å². The highest BCUT2D eigenvalue weighted by Crippen LogP contribution is 2.12. The lowest BCUT2D eigenvalue weighted by Crippen LogP contribution is -2.48. The maximum absolute atomic E-state index is 4.07. The zero-order chi connectivity index (χ0) is 13.3. The quantitative estimate of drug-likeness (QED) is 0.335. The fraction of sp³-hybridized carbons (Fsp3) is 0.714. The van der Waals surface area contributed by atoms with Crippen LogP contribution in [0, 0.1) is 0 Å². The first-order chi connectivity index (χ1) is 8.14. The van der Waals surface area contributed by atoms with Crippen LogP contribution in [0.3, 0.4) is 0 Å². The van der Waals surface area contributed by atoms with Crippen molar-refractivity contribution >= 4 is 9.52 Å². The summed E-state index contributed by atoms with van der Waals surface area (Å²) >= 11 is 0. The fourth-order valence-electron chi connectivity index (χ4n) is 2.30. The molecule has 0 spiro atoms. The second-order valence-electron chi connectivity index (χ2n) is 4.32. The van der Waals surface area contributed by atoms with E-state index in [4.69, 9.17) is 0 Å². The van der Waals surface area contributed by atoms with Crippen LogP contribution >= 0.6 is 0 Å². The standard InChI is InChI=1S/C14H30N2Si/c1-7-13(6)17-12-14(15(8-2)9-3)16(10-4)11-5/h7,14H,1,6,8-12,17H2,2-5H3. The Morgan fingerprint density at radius 1 is 1.06 bits per heavy atom.